The van der Waals surface area contributed by atoms with Crippen molar-refractivity contribution in [3.8, 4) is 0 Å². The lowest BCUT2D eigenvalue weighted by Gasteiger charge is -2.22. The fraction of sp³-hybridized carbons (Fsp3) is 0.588. The van der Waals surface area contributed by atoms with Crippen LogP contribution in [0, 0.1) is 11.8 Å². The summed E-state index contributed by atoms with van der Waals surface area (Å²) in [5.41, 5.74) is 7.01. The highest BCUT2D eigenvalue weighted by Gasteiger charge is 2.34. The Bertz CT molecular complexity index is 529. The first-order chi connectivity index (χ1) is 10.7. The average molecular weight is 439 g/mol. The summed E-state index contributed by atoms with van der Waals surface area (Å²) in [4.78, 5) is 14.8. The van der Waals surface area contributed by atoms with E-state index in [1.54, 1.807) is 0 Å². The summed E-state index contributed by atoms with van der Waals surface area (Å²) in [6.45, 7) is 2.53. The number of carbonyl (C=O) groups is 1. The van der Waals surface area contributed by atoms with Gasteiger partial charge in [-0.3, -0.25) is 4.79 Å². The van der Waals surface area contributed by atoms with Crippen LogP contribution in [0.1, 0.15) is 25.7 Å². The molecule has 1 unspecified atom stereocenters. The van der Waals surface area contributed by atoms with E-state index in [9.17, 15) is 4.79 Å². The van der Waals surface area contributed by atoms with Crippen molar-refractivity contribution in [2.45, 2.75) is 31.7 Å². The number of amides is 1. The molecule has 1 aliphatic heterocycles. The van der Waals surface area contributed by atoms with Gasteiger partial charge in [-0.2, -0.15) is 0 Å². The van der Waals surface area contributed by atoms with Gasteiger partial charge in [0, 0.05) is 35.2 Å². The molecule has 136 valence electrons. The second kappa shape index (κ2) is 9.85. The lowest BCUT2D eigenvalue weighted by atomic mass is 9.95. The highest BCUT2D eigenvalue weighted by molar-refractivity contribution is 9.10. The number of nitrogens with two attached hydrogens (primary N) is 1. The minimum Gasteiger partial charge on any atom is -0.369 e. The van der Waals surface area contributed by atoms with Gasteiger partial charge in [0.05, 0.1) is 0 Å². The standard InChI is InChI=1S/C17H24BrN3O.2ClH/c18-13-4-6-15(7-5-13)21-9-8-14(11-21)20-17(22)16-3-1-2-12(16)10-19;;/h4-7,12,14,16H,1-3,8-11,19H2,(H,20,22);2*1H/t12-,14?,16-;;/m1../s1. The Labute approximate surface area is 164 Å². The van der Waals surface area contributed by atoms with E-state index in [2.05, 4.69) is 50.4 Å². The van der Waals surface area contributed by atoms with Crippen LogP contribution >= 0.6 is 40.7 Å². The minimum atomic E-state index is 0. The molecule has 2 aliphatic rings. The van der Waals surface area contributed by atoms with Gasteiger partial charge in [0.15, 0.2) is 0 Å². The fourth-order valence-corrected chi connectivity index (χ4v) is 4.00. The van der Waals surface area contributed by atoms with Crippen molar-refractivity contribution in [2.24, 2.45) is 17.6 Å². The maximum Gasteiger partial charge on any atom is 0.223 e. The van der Waals surface area contributed by atoms with Gasteiger partial charge in [0.25, 0.3) is 0 Å². The molecule has 3 N–H and O–H groups in total. The summed E-state index contributed by atoms with van der Waals surface area (Å²) in [6.07, 6.45) is 4.25. The molecule has 7 heteroatoms. The molecule has 3 atom stereocenters. The van der Waals surface area contributed by atoms with E-state index in [1.165, 1.54) is 5.69 Å². The van der Waals surface area contributed by atoms with Crippen molar-refractivity contribution in [1.82, 2.24) is 5.32 Å². The zero-order chi connectivity index (χ0) is 15.5. The van der Waals surface area contributed by atoms with Crippen LogP contribution in [-0.4, -0.2) is 31.6 Å². The van der Waals surface area contributed by atoms with Crippen LogP contribution in [0.5, 0.6) is 0 Å². The van der Waals surface area contributed by atoms with E-state index in [1.807, 2.05) is 0 Å². The van der Waals surface area contributed by atoms with Crippen LogP contribution in [0.25, 0.3) is 0 Å². The second-order valence-electron chi connectivity index (χ2n) is 6.45. The second-order valence-corrected chi connectivity index (χ2v) is 7.37. The van der Waals surface area contributed by atoms with Crippen molar-refractivity contribution >= 4 is 52.3 Å². The van der Waals surface area contributed by atoms with Gasteiger partial charge >= 0.3 is 0 Å². The molecule has 1 aromatic rings. The molecule has 1 heterocycles. The monoisotopic (exact) mass is 437 g/mol. The highest BCUT2D eigenvalue weighted by atomic mass is 79.9. The number of benzene rings is 1. The van der Waals surface area contributed by atoms with Crippen molar-refractivity contribution in [3.05, 3.63) is 28.7 Å². The third kappa shape index (κ3) is 5.01. The van der Waals surface area contributed by atoms with E-state index < -0.39 is 0 Å². The van der Waals surface area contributed by atoms with E-state index in [0.29, 0.717) is 12.5 Å². The third-order valence-corrected chi connectivity index (χ3v) is 5.55. The van der Waals surface area contributed by atoms with Crippen molar-refractivity contribution in [3.63, 3.8) is 0 Å². The Morgan fingerprint density at radius 1 is 1.21 bits per heavy atom. The Kier molecular flexibility index (Phi) is 8.85. The number of nitrogens with one attached hydrogen (secondary N) is 1. The number of nitrogens with zero attached hydrogens (tertiary/aromatic N) is 1. The van der Waals surface area contributed by atoms with Crippen LogP contribution in [0.15, 0.2) is 28.7 Å². The van der Waals surface area contributed by atoms with Gasteiger partial charge in [-0.15, -0.1) is 24.8 Å². The van der Waals surface area contributed by atoms with Gasteiger partial charge in [0.2, 0.25) is 5.91 Å². The highest BCUT2D eigenvalue weighted by Crippen LogP contribution is 2.31. The van der Waals surface area contributed by atoms with Gasteiger partial charge in [-0.1, -0.05) is 22.4 Å². The minimum absolute atomic E-state index is 0. The smallest absolute Gasteiger partial charge is 0.223 e. The predicted molar refractivity (Wildman–Crippen MR) is 107 cm³/mol. The number of carbonyl (C=O) groups excluding carboxylic acids is 1. The number of hydrogen-bond donors (Lipinski definition) is 2. The van der Waals surface area contributed by atoms with E-state index >= 15 is 0 Å². The van der Waals surface area contributed by atoms with Gasteiger partial charge in [-0.25, -0.2) is 0 Å². The van der Waals surface area contributed by atoms with Crippen LogP contribution in [0.4, 0.5) is 5.69 Å². The summed E-state index contributed by atoms with van der Waals surface area (Å²) in [7, 11) is 0. The number of hydrogen-bond acceptors (Lipinski definition) is 3. The van der Waals surface area contributed by atoms with E-state index in [-0.39, 0.29) is 42.7 Å². The summed E-state index contributed by atoms with van der Waals surface area (Å²) < 4.78 is 1.09. The largest absolute Gasteiger partial charge is 0.369 e. The number of anilines is 1. The Hall–Kier alpha value is -0.490. The quantitative estimate of drug-likeness (QED) is 0.757. The maximum absolute atomic E-state index is 12.5. The number of halogens is 3. The lowest BCUT2D eigenvalue weighted by Crippen LogP contribution is -2.42. The molecular weight excluding hydrogens is 413 g/mol. The normalized spacial score (nSPS) is 25.8. The van der Waals surface area contributed by atoms with E-state index in [0.717, 1.165) is 43.2 Å². The van der Waals surface area contributed by atoms with Crippen LogP contribution in [0.2, 0.25) is 0 Å². The van der Waals surface area contributed by atoms with E-state index in [4.69, 9.17) is 5.73 Å². The topological polar surface area (TPSA) is 58.4 Å². The summed E-state index contributed by atoms with van der Waals surface area (Å²) in [6, 6.07) is 8.62. The molecule has 1 aliphatic carbocycles. The molecule has 1 saturated carbocycles. The zero-order valence-electron chi connectivity index (χ0n) is 13.6. The zero-order valence-corrected chi connectivity index (χ0v) is 16.8. The fourth-order valence-electron chi connectivity index (χ4n) is 3.74. The molecule has 0 spiro atoms. The molecule has 1 amide bonds. The van der Waals surface area contributed by atoms with Gasteiger partial charge < -0.3 is 16.0 Å². The van der Waals surface area contributed by atoms with Gasteiger partial charge in [0.1, 0.15) is 0 Å². The molecule has 0 radical (unpaired) electrons. The summed E-state index contributed by atoms with van der Waals surface area (Å²) >= 11 is 3.46. The third-order valence-electron chi connectivity index (χ3n) is 5.03. The maximum atomic E-state index is 12.5. The van der Waals surface area contributed by atoms with Gasteiger partial charge in [-0.05, 0) is 56.0 Å². The molecule has 3 rings (SSSR count). The summed E-state index contributed by atoms with van der Waals surface area (Å²) in [5.74, 6) is 0.728. The Balaban J connectivity index is 0.00000144. The van der Waals surface area contributed by atoms with Crippen molar-refractivity contribution in [1.29, 1.82) is 0 Å². The lowest BCUT2D eigenvalue weighted by molar-refractivity contribution is -0.126. The molecule has 4 nitrogen and oxygen atoms in total. The molecule has 1 saturated heterocycles. The molecule has 1 aromatic carbocycles. The first kappa shape index (κ1) is 21.6. The Morgan fingerprint density at radius 3 is 2.58 bits per heavy atom. The SMILES string of the molecule is Cl.Cl.NC[C@H]1CCC[C@H]1C(=O)NC1CCN(c2ccc(Br)cc2)C1. The first-order valence-corrected chi connectivity index (χ1v) is 8.97. The predicted octanol–water partition coefficient (Wildman–Crippen LogP) is 3.36. The molecule has 24 heavy (non-hydrogen) atoms. The van der Waals surface area contributed by atoms with Crippen molar-refractivity contribution in [2.75, 3.05) is 24.5 Å². The average Bonchev–Trinajstić information content (AvgIpc) is 3.16. The molecule has 0 aromatic heterocycles. The number of rotatable bonds is 4. The molecular formula is C17H26BrCl2N3O. The summed E-state index contributed by atoms with van der Waals surface area (Å²) in [5, 5.41) is 3.25. The Morgan fingerprint density at radius 2 is 1.92 bits per heavy atom. The molecule has 0 bridgehead atoms. The van der Waals surface area contributed by atoms with Crippen molar-refractivity contribution < 1.29 is 4.79 Å². The van der Waals surface area contributed by atoms with Crippen LogP contribution in [0.3, 0.4) is 0 Å². The van der Waals surface area contributed by atoms with Crippen LogP contribution in [-0.2, 0) is 4.79 Å². The first-order valence-electron chi connectivity index (χ1n) is 8.18. The molecule has 2 fully saturated rings. The van der Waals surface area contributed by atoms with Crippen LogP contribution < -0.4 is 16.0 Å².